The first kappa shape index (κ1) is 16.7. The van der Waals surface area contributed by atoms with Gasteiger partial charge in [-0.2, -0.15) is 0 Å². The van der Waals surface area contributed by atoms with Crippen LogP contribution in [0.1, 0.15) is 44.1 Å². The second kappa shape index (κ2) is 7.18. The summed E-state index contributed by atoms with van der Waals surface area (Å²) in [5.41, 5.74) is 1.43. The Morgan fingerprint density at radius 1 is 1.30 bits per heavy atom. The summed E-state index contributed by atoms with van der Waals surface area (Å²) in [7, 11) is 0. The van der Waals surface area contributed by atoms with Crippen molar-refractivity contribution >= 4 is 39.2 Å². The second-order valence-electron chi connectivity index (χ2n) is 6.47. The Balaban J connectivity index is 1.82. The van der Waals surface area contributed by atoms with Crippen LogP contribution in [0.25, 0.3) is 10.2 Å². The molecule has 0 bridgehead atoms. The Kier molecular flexibility index (Phi) is 5.21. The summed E-state index contributed by atoms with van der Waals surface area (Å²) in [6.07, 6.45) is 6.41. The first-order valence-corrected chi connectivity index (χ1v) is 9.95. The first-order valence-electron chi connectivity index (χ1n) is 8.26. The van der Waals surface area contributed by atoms with E-state index in [0.717, 1.165) is 29.2 Å². The molecule has 0 saturated carbocycles. The van der Waals surface area contributed by atoms with Crippen molar-refractivity contribution < 1.29 is 4.79 Å². The molecule has 0 saturated heterocycles. The van der Waals surface area contributed by atoms with E-state index in [0.29, 0.717) is 5.92 Å². The summed E-state index contributed by atoms with van der Waals surface area (Å²) >= 11 is 3.35. The Morgan fingerprint density at radius 2 is 2.09 bits per heavy atom. The van der Waals surface area contributed by atoms with Crippen LogP contribution in [0.2, 0.25) is 0 Å². The SMILES string of the molecule is CC(C)CNC(=O)C(C)Sc1ncnc2sc3c(c12)CCCC3. The van der Waals surface area contributed by atoms with E-state index >= 15 is 0 Å². The van der Waals surface area contributed by atoms with Crippen molar-refractivity contribution in [3.8, 4) is 0 Å². The number of rotatable bonds is 5. The molecule has 2 aromatic heterocycles. The topological polar surface area (TPSA) is 54.9 Å². The standard InChI is InChI=1S/C17H23N3OS2/c1-10(2)8-18-15(21)11(3)22-16-14-12-6-4-5-7-13(12)23-17(14)20-9-19-16/h9-11H,4-8H2,1-3H3,(H,18,21). The van der Waals surface area contributed by atoms with Crippen molar-refractivity contribution in [1.29, 1.82) is 0 Å². The van der Waals surface area contributed by atoms with Gasteiger partial charge in [-0.3, -0.25) is 4.79 Å². The van der Waals surface area contributed by atoms with E-state index in [1.54, 1.807) is 29.4 Å². The Morgan fingerprint density at radius 3 is 2.87 bits per heavy atom. The molecular formula is C17H23N3OS2. The summed E-state index contributed by atoms with van der Waals surface area (Å²) in [5.74, 6) is 0.547. The summed E-state index contributed by atoms with van der Waals surface area (Å²) < 4.78 is 0. The van der Waals surface area contributed by atoms with Crippen LogP contribution in [-0.4, -0.2) is 27.7 Å². The van der Waals surface area contributed by atoms with Gasteiger partial charge in [0, 0.05) is 16.8 Å². The molecule has 4 nitrogen and oxygen atoms in total. The molecule has 1 atom stereocenters. The van der Waals surface area contributed by atoms with Gasteiger partial charge < -0.3 is 5.32 Å². The molecule has 0 aliphatic heterocycles. The van der Waals surface area contributed by atoms with Gasteiger partial charge in [0.15, 0.2) is 0 Å². The van der Waals surface area contributed by atoms with Gasteiger partial charge in [-0.15, -0.1) is 11.3 Å². The van der Waals surface area contributed by atoms with Crippen molar-refractivity contribution in [2.45, 2.75) is 56.7 Å². The van der Waals surface area contributed by atoms with E-state index in [4.69, 9.17) is 0 Å². The summed E-state index contributed by atoms with van der Waals surface area (Å²) in [4.78, 5) is 23.7. The van der Waals surface area contributed by atoms with Gasteiger partial charge in [0.05, 0.1) is 5.25 Å². The van der Waals surface area contributed by atoms with Crippen LogP contribution in [0.3, 0.4) is 0 Å². The summed E-state index contributed by atoms with van der Waals surface area (Å²) in [6, 6.07) is 0. The molecule has 0 spiro atoms. The number of aryl methyl sites for hydroxylation is 2. The number of carbonyl (C=O) groups is 1. The minimum Gasteiger partial charge on any atom is -0.355 e. The predicted octanol–water partition coefficient (Wildman–Crippen LogP) is 3.82. The predicted molar refractivity (Wildman–Crippen MR) is 97.2 cm³/mol. The lowest BCUT2D eigenvalue weighted by atomic mass is 9.97. The van der Waals surface area contributed by atoms with E-state index in [-0.39, 0.29) is 11.2 Å². The maximum absolute atomic E-state index is 12.2. The smallest absolute Gasteiger partial charge is 0.233 e. The van der Waals surface area contributed by atoms with Crippen LogP contribution in [0, 0.1) is 5.92 Å². The van der Waals surface area contributed by atoms with Crippen LogP contribution in [0.4, 0.5) is 0 Å². The van der Waals surface area contributed by atoms with E-state index in [9.17, 15) is 4.79 Å². The van der Waals surface area contributed by atoms with Gasteiger partial charge in [0.2, 0.25) is 5.91 Å². The van der Waals surface area contributed by atoms with Crippen LogP contribution in [0.5, 0.6) is 0 Å². The van der Waals surface area contributed by atoms with Crippen LogP contribution in [0.15, 0.2) is 11.4 Å². The lowest BCUT2D eigenvalue weighted by Gasteiger charge is -2.14. The average Bonchev–Trinajstić information content (AvgIpc) is 2.91. The van der Waals surface area contributed by atoms with Gasteiger partial charge in [-0.05, 0) is 44.1 Å². The minimum absolute atomic E-state index is 0.0829. The Hall–Kier alpha value is -1.14. The maximum atomic E-state index is 12.2. The van der Waals surface area contributed by atoms with Gasteiger partial charge in [0.25, 0.3) is 0 Å². The zero-order valence-electron chi connectivity index (χ0n) is 13.9. The van der Waals surface area contributed by atoms with Gasteiger partial charge in [-0.25, -0.2) is 9.97 Å². The Bertz CT molecular complexity index is 711. The number of carbonyl (C=O) groups excluding carboxylic acids is 1. The first-order chi connectivity index (χ1) is 11.1. The molecule has 0 fully saturated rings. The third-order valence-corrected chi connectivity index (χ3v) is 6.36. The highest BCUT2D eigenvalue weighted by Gasteiger charge is 2.22. The largest absolute Gasteiger partial charge is 0.355 e. The third kappa shape index (κ3) is 3.69. The maximum Gasteiger partial charge on any atom is 0.233 e. The van der Waals surface area contributed by atoms with E-state index in [2.05, 4.69) is 29.1 Å². The number of nitrogens with zero attached hydrogens (tertiary/aromatic N) is 2. The fourth-order valence-electron chi connectivity index (χ4n) is 2.82. The van der Waals surface area contributed by atoms with Crippen molar-refractivity contribution in [3.63, 3.8) is 0 Å². The van der Waals surface area contributed by atoms with Crippen molar-refractivity contribution in [3.05, 3.63) is 16.8 Å². The molecular weight excluding hydrogens is 326 g/mol. The number of nitrogens with one attached hydrogen (secondary N) is 1. The highest BCUT2D eigenvalue weighted by atomic mass is 32.2. The fraction of sp³-hybridized carbons (Fsp3) is 0.588. The van der Waals surface area contributed by atoms with Gasteiger partial charge >= 0.3 is 0 Å². The minimum atomic E-state index is -0.147. The van der Waals surface area contributed by atoms with Gasteiger partial charge in [0.1, 0.15) is 16.2 Å². The molecule has 2 aromatic rings. The molecule has 6 heteroatoms. The molecule has 1 aliphatic rings. The molecule has 124 valence electrons. The molecule has 2 heterocycles. The molecule has 1 unspecified atom stereocenters. The molecule has 0 radical (unpaired) electrons. The number of fused-ring (bicyclic) bond motifs is 3. The molecule has 1 aliphatic carbocycles. The fourth-order valence-corrected chi connectivity index (χ4v) is 5.08. The molecule has 1 N–H and O–H groups in total. The zero-order valence-corrected chi connectivity index (χ0v) is 15.5. The van der Waals surface area contributed by atoms with Gasteiger partial charge in [-0.1, -0.05) is 25.6 Å². The Labute approximate surface area is 145 Å². The number of thioether (sulfide) groups is 1. The highest BCUT2D eigenvalue weighted by Crippen LogP contribution is 2.40. The van der Waals surface area contributed by atoms with E-state index < -0.39 is 0 Å². The number of hydrogen-bond acceptors (Lipinski definition) is 5. The number of thiophene rings is 1. The lowest BCUT2D eigenvalue weighted by Crippen LogP contribution is -2.33. The second-order valence-corrected chi connectivity index (χ2v) is 8.88. The molecule has 3 rings (SSSR count). The van der Waals surface area contributed by atoms with Crippen LogP contribution in [-0.2, 0) is 17.6 Å². The van der Waals surface area contributed by atoms with E-state index in [1.807, 2.05) is 6.92 Å². The average molecular weight is 350 g/mol. The summed E-state index contributed by atoms with van der Waals surface area (Å²) in [6.45, 7) is 6.87. The number of amides is 1. The van der Waals surface area contributed by atoms with Crippen molar-refractivity contribution in [2.75, 3.05) is 6.54 Å². The normalized spacial score (nSPS) is 15.7. The van der Waals surface area contributed by atoms with Crippen molar-refractivity contribution in [2.24, 2.45) is 5.92 Å². The van der Waals surface area contributed by atoms with Crippen molar-refractivity contribution in [1.82, 2.24) is 15.3 Å². The highest BCUT2D eigenvalue weighted by molar-refractivity contribution is 8.00. The number of aromatic nitrogens is 2. The zero-order chi connectivity index (χ0) is 16.4. The monoisotopic (exact) mass is 349 g/mol. The molecule has 23 heavy (non-hydrogen) atoms. The lowest BCUT2D eigenvalue weighted by molar-refractivity contribution is -0.120. The molecule has 1 amide bonds. The quantitative estimate of drug-likeness (QED) is 0.658. The van der Waals surface area contributed by atoms with Crippen LogP contribution < -0.4 is 5.32 Å². The van der Waals surface area contributed by atoms with Crippen LogP contribution >= 0.6 is 23.1 Å². The third-order valence-electron chi connectivity index (χ3n) is 4.06. The van der Waals surface area contributed by atoms with E-state index in [1.165, 1.54) is 28.7 Å². The summed E-state index contributed by atoms with van der Waals surface area (Å²) in [5, 5.41) is 5.01. The number of hydrogen-bond donors (Lipinski definition) is 1. The molecule has 0 aromatic carbocycles.